The summed E-state index contributed by atoms with van der Waals surface area (Å²) in [6.45, 7) is 28.2. The Hall–Kier alpha value is -10.4. The fourth-order valence-corrected chi connectivity index (χ4v) is 15.9. The molecule has 0 fully saturated rings. The van der Waals surface area contributed by atoms with Crippen LogP contribution in [0.4, 0.5) is 34.1 Å². The van der Waals surface area contributed by atoms with Crippen molar-refractivity contribution >= 4 is 132 Å². The van der Waals surface area contributed by atoms with Gasteiger partial charge in [-0.15, -0.1) is 0 Å². The number of hydrogen-bond acceptors (Lipinski definition) is 2. The Kier molecular flexibility index (Phi) is 12.6. The van der Waals surface area contributed by atoms with Gasteiger partial charge in [-0.25, -0.2) is 0 Å². The van der Waals surface area contributed by atoms with Crippen molar-refractivity contribution in [2.75, 3.05) is 9.80 Å². The molecule has 0 radical (unpaired) electrons. The first-order valence-corrected chi connectivity index (χ1v) is 33.6. The van der Waals surface area contributed by atoms with Crippen molar-refractivity contribution in [1.82, 2.24) is 8.80 Å². The molecule has 0 N–H and O–H groups in total. The molecule has 0 atom stereocenters. The number of nitrogens with zero attached hydrogens (tertiary/aromatic N) is 4. The Balaban J connectivity index is 0.982. The number of hydrogen-bond donors (Lipinski definition) is 0. The van der Waals surface area contributed by atoms with Crippen LogP contribution in [0.3, 0.4) is 0 Å². The Bertz CT molecular complexity index is 5520. The molecule has 0 saturated heterocycles. The van der Waals surface area contributed by atoms with Crippen molar-refractivity contribution in [1.29, 1.82) is 0 Å². The highest BCUT2D eigenvalue weighted by Crippen LogP contribution is 2.55. The van der Waals surface area contributed by atoms with E-state index in [1.807, 2.05) is 0 Å². The van der Waals surface area contributed by atoms with Crippen molar-refractivity contribution < 1.29 is 0 Å². The Morgan fingerprint density at radius 3 is 0.989 bits per heavy atom. The molecular formula is C90H78N4. The third-order valence-electron chi connectivity index (χ3n) is 20.5. The van der Waals surface area contributed by atoms with Gasteiger partial charge in [0.1, 0.15) is 0 Å². The Labute approximate surface area is 551 Å². The van der Waals surface area contributed by atoms with E-state index in [0.29, 0.717) is 0 Å². The van der Waals surface area contributed by atoms with Gasteiger partial charge in [-0.1, -0.05) is 265 Å². The van der Waals surface area contributed by atoms with E-state index >= 15 is 0 Å². The first-order chi connectivity index (χ1) is 45.2. The molecule has 0 unspecified atom stereocenters. The Morgan fingerprint density at radius 1 is 0.245 bits per heavy atom. The summed E-state index contributed by atoms with van der Waals surface area (Å²) in [7, 11) is 0. The molecule has 0 bridgehead atoms. The predicted molar refractivity (Wildman–Crippen MR) is 406 cm³/mol. The standard InChI is InChI=1S/C90H78N4/c1-87(2,3)57-43-47-75(69(51-57)63-37-23-29-55-27-19-21-35-61(55)63)91(59-31-15-13-16-32-59)77-49-45-65-71-53-80-72(54-79(71)93-83-67(81(77)85(65)93)39-25-41-73(83)89(7,8)9)66-46-50-78(82-68-40-26-42-74(90(10,11)12)84(68)94(80)86(66)82)92(60-33-17-14-18-34-60)76-48-44-58(88(4,5)6)52-70(76)64-38-24-30-56-28-20-22-36-62(56)64/h13-54H,1-12H3. The van der Waals surface area contributed by atoms with Gasteiger partial charge in [0, 0.05) is 65.6 Å². The zero-order valence-electron chi connectivity index (χ0n) is 56.0. The summed E-state index contributed by atoms with van der Waals surface area (Å²) in [4.78, 5) is 5.12. The van der Waals surface area contributed by atoms with Crippen molar-refractivity contribution in [3.8, 4) is 22.3 Å². The SMILES string of the molecule is CC(C)(C)c1ccc(N(c2ccccc2)c2ccc3c4cc5c(cc4n4c6c(C(C)(C)C)cccc6c2c34)c2ccc(N(c3ccccc3)c3ccc(C(C)(C)C)cc3-c3cccc4ccccc34)c3c4cccc(C(C)(C)C)c4n5c23)c(-c2cccc3ccccc23)c1. The van der Waals surface area contributed by atoms with Crippen LogP contribution in [0.15, 0.2) is 255 Å². The lowest BCUT2D eigenvalue weighted by Gasteiger charge is -2.30. The summed E-state index contributed by atoms with van der Waals surface area (Å²) < 4.78 is 5.34. The predicted octanol–water partition coefficient (Wildman–Crippen LogP) is 25.8. The molecule has 4 heteroatoms. The van der Waals surface area contributed by atoms with E-state index in [-0.39, 0.29) is 21.7 Å². The van der Waals surface area contributed by atoms with Crippen LogP contribution in [-0.4, -0.2) is 8.80 Å². The van der Waals surface area contributed by atoms with Crippen LogP contribution in [-0.2, 0) is 21.7 Å². The molecule has 458 valence electrons. The first kappa shape index (κ1) is 57.5. The average molecular weight is 1220 g/mol. The third kappa shape index (κ3) is 8.64. The van der Waals surface area contributed by atoms with Crippen LogP contribution in [0.5, 0.6) is 0 Å². The van der Waals surface area contributed by atoms with Crippen LogP contribution >= 0.6 is 0 Å². The van der Waals surface area contributed by atoms with E-state index in [2.05, 4.69) is 356 Å². The van der Waals surface area contributed by atoms with Crippen molar-refractivity contribution in [2.45, 2.75) is 105 Å². The molecule has 17 rings (SSSR count). The summed E-state index contributed by atoms with van der Waals surface area (Å²) in [6, 6.07) is 96.9. The lowest BCUT2D eigenvalue weighted by atomic mass is 9.84. The van der Waals surface area contributed by atoms with E-state index in [0.717, 1.165) is 34.1 Å². The molecule has 0 saturated carbocycles. The van der Waals surface area contributed by atoms with Gasteiger partial charge in [0.25, 0.3) is 0 Å². The van der Waals surface area contributed by atoms with Crippen LogP contribution in [0.25, 0.3) is 120 Å². The average Bonchev–Trinajstić information content (AvgIpc) is 1.51. The second-order valence-electron chi connectivity index (χ2n) is 30.5. The third-order valence-corrected chi connectivity index (χ3v) is 20.5. The molecule has 17 aromatic rings. The fraction of sp³-hybridized carbons (Fsp3) is 0.178. The van der Waals surface area contributed by atoms with E-state index < -0.39 is 0 Å². The van der Waals surface area contributed by atoms with Gasteiger partial charge in [-0.3, -0.25) is 0 Å². The largest absolute Gasteiger partial charge is 0.309 e. The maximum absolute atomic E-state index is 2.67. The molecule has 0 aliphatic carbocycles. The van der Waals surface area contributed by atoms with Crippen molar-refractivity contribution in [3.05, 3.63) is 277 Å². The quantitative estimate of drug-likeness (QED) is 0.151. The van der Waals surface area contributed by atoms with Gasteiger partial charge in [0.15, 0.2) is 0 Å². The molecule has 0 aliphatic heterocycles. The number of rotatable bonds is 8. The van der Waals surface area contributed by atoms with E-state index in [1.54, 1.807) is 0 Å². The molecular weight excluding hydrogens is 1140 g/mol. The zero-order chi connectivity index (χ0) is 64.5. The lowest BCUT2D eigenvalue weighted by molar-refractivity contribution is 0.590. The van der Waals surface area contributed by atoms with Gasteiger partial charge in [-0.2, -0.15) is 0 Å². The maximum atomic E-state index is 2.67. The van der Waals surface area contributed by atoms with Crippen LogP contribution in [0.1, 0.15) is 105 Å². The normalized spacial score (nSPS) is 12.9. The number of fused-ring (bicyclic) bond motifs is 14. The van der Waals surface area contributed by atoms with Crippen LogP contribution in [0.2, 0.25) is 0 Å². The monoisotopic (exact) mass is 1210 g/mol. The topological polar surface area (TPSA) is 15.3 Å². The number of para-hydroxylation sites is 4. The molecule has 13 aromatic carbocycles. The number of aromatic nitrogens is 2. The summed E-state index contributed by atoms with van der Waals surface area (Å²) in [5.41, 5.74) is 23.8. The molecule has 0 aliphatic rings. The first-order valence-electron chi connectivity index (χ1n) is 33.6. The second kappa shape index (κ2) is 20.5. The lowest BCUT2D eigenvalue weighted by Crippen LogP contribution is -2.15. The van der Waals surface area contributed by atoms with Gasteiger partial charge in [0.2, 0.25) is 0 Å². The van der Waals surface area contributed by atoms with Crippen LogP contribution in [0, 0.1) is 0 Å². The Morgan fingerprint density at radius 2 is 0.596 bits per heavy atom. The summed E-state index contributed by atoms with van der Waals surface area (Å²) in [6.07, 6.45) is 0. The van der Waals surface area contributed by atoms with Gasteiger partial charge < -0.3 is 18.6 Å². The van der Waals surface area contributed by atoms with Gasteiger partial charge in [-0.05, 0) is 149 Å². The highest BCUT2D eigenvalue weighted by atomic mass is 15.2. The summed E-state index contributed by atoms with van der Waals surface area (Å²) >= 11 is 0. The molecule has 4 heterocycles. The molecule has 0 amide bonds. The smallest absolute Gasteiger partial charge is 0.0641 e. The van der Waals surface area contributed by atoms with E-state index in [1.165, 1.54) is 142 Å². The minimum Gasteiger partial charge on any atom is -0.309 e. The van der Waals surface area contributed by atoms with Crippen molar-refractivity contribution in [3.63, 3.8) is 0 Å². The van der Waals surface area contributed by atoms with E-state index in [4.69, 9.17) is 0 Å². The number of benzene rings is 13. The molecule has 4 aromatic heterocycles. The molecule has 94 heavy (non-hydrogen) atoms. The van der Waals surface area contributed by atoms with E-state index in [9.17, 15) is 0 Å². The van der Waals surface area contributed by atoms with Gasteiger partial charge >= 0.3 is 0 Å². The van der Waals surface area contributed by atoms with Gasteiger partial charge in [0.05, 0.1) is 55.8 Å². The van der Waals surface area contributed by atoms with Crippen LogP contribution < -0.4 is 9.80 Å². The fourth-order valence-electron chi connectivity index (χ4n) is 15.9. The minimum atomic E-state index is -0.176. The second-order valence-corrected chi connectivity index (χ2v) is 30.5. The summed E-state index contributed by atoms with van der Waals surface area (Å²) in [5.74, 6) is 0. The highest BCUT2D eigenvalue weighted by molar-refractivity contribution is 6.33. The zero-order valence-corrected chi connectivity index (χ0v) is 56.0. The number of anilines is 6. The van der Waals surface area contributed by atoms with Crippen molar-refractivity contribution in [2.24, 2.45) is 0 Å². The highest BCUT2D eigenvalue weighted by Gasteiger charge is 2.34. The summed E-state index contributed by atoms with van der Waals surface area (Å²) in [5, 5.41) is 14.9. The molecule has 4 nitrogen and oxygen atoms in total. The maximum Gasteiger partial charge on any atom is 0.0641 e. The molecule has 0 spiro atoms. The minimum absolute atomic E-state index is 0.0775.